The Morgan fingerprint density at radius 1 is 1.00 bits per heavy atom. The molecule has 2 aliphatic heterocycles. The molecule has 0 atom stereocenters. The van der Waals surface area contributed by atoms with E-state index in [1.54, 1.807) is 23.4 Å². The van der Waals surface area contributed by atoms with Crippen molar-refractivity contribution >= 4 is 15.9 Å². The fourth-order valence-corrected chi connectivity index (χ4v) is 5.16. The Balaban J connectivity index is 1.77. The van der Waals surface area contributed by atoms with Crippen molar-refractivity contribution in [2.75, 3.05) is 46.3 Å². The molecule has 2 aliphatic rings. The molecular weight excluding hydrogens is 352 g/mol. The number of sulfonamides is 1. The fraction of sp³-hybridized carbons (Fsp3) is 0.611. The van der Waals surface area contributed by atoms with Gasteiger partial charge >= 0.3 is 0 Å². The summed E-state index contributed by atoms with van der Waals surface area (Å²) in [5, 5.41) is 1.89. The lowest BCUT2D eigenvalue weighted by atomic mass is 10.1. The summed E-state index contributed by atoms with van der Waals surface area (Å²) in [5.41, 5.74) is 3.95. The first-order valence-corrected chi connectivity index (χ1v) is 10.7. The predicted molar refractivity (Wildman–Crippen MR) is 100 cm³/mol. The number of piperazine rings is 1. The zero-order valence-corrected chi connectivity index (χ0v) is 16.4. The Labute approximate surface area is 156 Å². The average molecular weight is 381 g/mol. The predicted octanol–water partition coefficient (Wildman–Crippen LogP) is 1.06. The van der Waals surface area contributed by atoms with Crippen LogP contribution in [0.2, 0.25) is 0 Å². The molecule has 0 saturated carbocycles. The van der Waals surface area contributed by atoms with E-state index in [1.807, 2.05) is 5.01 Å². The highest BCUT2D eigenvalue weighted by Gasteiger charge is 2.28. The Kier molecular flexibility index (Phi) is 5.96. The zero-order valence-electron chi connectivity index (χ0n) is 15.6. The minimum absolute atomic E-state index is 0.241. The van der Waals surface area contributed by atoms with Crippen LogP contribution in [0.5, 0.6) is 0 Å². The van der Waals surface area contributed by atoms with E-state index >= 15 is 0 Å². The van der Waals surface area contributed by atoms with Gasteiger partial charge in [-0.05, 0) is 44.5 Å². The van der Waals surface area contributed by atoms with Crippen molar-refractivity contribution in [3.63, 3.8) is 0 Å². The summed E-state index contributed by atoms with van der Waals surface area (Å²) in [6.07, 6.45) is 2.85. The van der Waals surface area contributed by atoms with Crippen LogP contribution in [0.25, 0.3) is 0 Å². The molecule has 1 N–H and O–H groups in total. The van der Waals surface area contributed by atoms with Crippen molar-refractivity contribution in [2.24, 2.45) is 0 Å². The van der Waals surface area contributed by atoms with E-state index in [0.29, 0.717) is 24.2 Å². The molecule has 0 aliphatic carbocycles. The molecule has 1 aromatic carbocycles. The van der Waals surface area contributed by atoms with E-state index in [1.165, 1.54) is 6.07 Å². The monoisotopic (exact) mass is 380 g/mol. The SMILES string of the molecule is Cc1ccc(C(=O)NN2CCN(C)CC2)cc1S(=O)(=O)N1CCCCC1. The maximum Gasteiger partial charge on any atom is 0.265 e. The van der Waals surface area contributed by atoms with Gasteiger partial charge in [0.1, 0.15) is 0 Å². The molecule has 0 aromatic heterocycles. The van der Waals surface area contributed by atoms with Crippen molar-refractivity contribution in [1.82, 2.24) is 19.6 Å². The Bertz CT molecular complexity index is 752. The molecule has 8 heteroatoms. The van der Waals surface area contributed by atoms with Crippen LogP contribution in [-0.4, -0.2) is 74.9 Å². The van der Waals surface area contributed by atoms with E-state index in [-0.39, 0.29) is 10.8 Å². The molecule has 7 nitrogen and oxygen atoms in total. The third kappa shape index (κ3) is 4.25. The molecule has 1 amide bonds. The van der Waals surface area contributed by atoms with E-state index in [2.05, 4.69) is 17.4 Å². The first kappa shape index (κ1) is 19.3. The first-order valence-electron chi connectivity index (χ1n) is 9.23. The summed E-state index contributed by atoms with van der Waals surface area (Å²) in [7, 11) is -1.50. The quantitative estimate of drug-likeness (QED) is 0.846. The second-order valence-corrected chi connectivity index (χ2v) is 9.08. The van der Waals surface area contributed by atoms with E-state index in [4.69, 9.17) is 0 Å². The van der Waals surface area contributed by atoms with E-state index < -0.39 is 10.0 Å². The van der Waals surface area contributed by atoms with Crippen LogP contribution in [0.1, 0.15) is 35.2 Å². The van der Waals surface area contributed by atoms with Gasteiger partial charge in [-0.25, -0.2) is 13.4 Å². The van der Waals surface area contributed by atoms with Gasteiger partial charge in [-0.1, -0.05) is 12.5 Å². The summed E-state index contributed by atoms with van der Waals surface area (Å²) in [4.78, 5) is 15.0. The lowest BCUT2D eigenvalue weighted by Gasteiger charge is -2.32. The first-order chi connectivity index (χ1) is 12.4. The van der Waals surface area contributed by atoms with Crippen LogP contribution >= 0.6 is 0 Å². The molecule has 0 unspecified atom stereocenters. The highest BCUT2D eigenvalue weighted by Crippen LogP contribution is 2.24. The van der Waals surface area contributed by atoms with Gasteiger partial charge in [0, 0.05) is 44.8 Å². The molecule has 3 rings (SSSR count). The number of benzene rings is 1. The number of likely N-dealkylation sites (N-methyl/N-ethyl adjacent to an activating group) is 1. The molecule has 144 valence electrons. The number of hydrazine groups is 1. The van der Waals surface area contributed by atoms with E-state index in [9.17, 15) is 13.2 Å². The number of hydrogen-bond acceptors (Lipinski definition) is 5. The Morgan fingerprint density at radius 2 is 1.65 bits per heavy atom. The van der Waals surface area contributed by atoms with Crippen LogP contribution in [0.4, 0.5) is 0 Å². The smallest absolute Gasteiger partial charge is 0.265 e. The number of carbonyl (C=O) groups excluding carboxylic acids is 1. The molecule has 1 aromatic rings. The highest BCUT2D eigenvalue weighted by atomic mass is 32.2. The largest absolute Gasteiger partial charge is 0.304 e. The molecular formula is C18H28N4O3S. The highest BCUT2D eigenvalue weighted by molar-refractivity contribution is 7.89. The number of nitrogens with one attached hydrogen (secondary N) is 1. The maximum absolute atomic E-state index is 13.0. The Hall–Kier alpha value is -1.48. The molecule has 2 fully saturated rings. The van der Waals surface area contributed by atoms with Gasteiger partial charge < -0.3 is 4.90 Å². The number of aryl methyl sites for hydroxylation is 1. The van der Waals surface area contributed by atoms with Crippen molar-refractivity contribution in [3.05, 3.63) is 29.3 Å². The number of carbonyl (C=O) groups is 1. The van der Waals surface area contributed by atoms with Gasteiger partial charge in [0.25, 0.3) is 5.91 Å². The molecule has 0 bridgehead atoms. The van der Waals surface area contributed by atoms with E-state index in [0.717, 1.165) is 45.4 Å². The molecule has 2 heterocycles. The van der Waals surface area contributed by atoms with Gasteiger partial charge in [0.2, 0.25) is 10.0 Å². The molecule has 26 heavy (non-hydrogen) atoms. The summed E-state index contributed by atoms with van der Waals surface area (Å²) in [6, 6.07) is 4.93. The topological polar surface area (TPSA) is 73.0 Å². The second-order valence-electron chi connectivity index (χ2n) is 7.18. The fourth-order valence-electron chi connectivity index (χ4n) is 3.39. The number of nitrogens with zero attached hydrogens (tertiary/aromatic N) is 3. The normalized spacial score (nSPS) is 20.8. The van der Waals surface area contributed by atoms with Crippen molar-refractivity contribution < 1.29 is 13.2 Å². The number of hydrogen-bond donors (Lipinski definition) is 1. The van der Waals surface area contributed by atoms with Crippen molar-refractivity contribution in [3.8, 4) is 0 Å². The van der Waals surface area contributed by atoms with Gasteiger partial charge in [0.05, 0.1) is 4.90 Å². The van der Waals surface area contributed by atoms with Gasteiger partial charge in [0.15, 0.2) is 0 Å². The minimum atomic E-state index is -3.56. The Morgan fingerprint density at radius 3 is 2.31 bits per heavy atom. The standard InChI is InChI=1S/C18H28N4O3S/c1-15-6-7-16(18(23)19-21-12-10-20(2)11-13-21)14-17(15)26(24,25)22-8-4-3-5-9-22/h6-7,14H,3-5,8-13H2,1-2H3,(H,19,23). The molecule has 2 saturated heterocycles. The number of rotatable bonds is 4. The lowest BCUT2D eigenvalue weighted by molar-refractivity contribution is 0.0662. The van der Waals surface area contributed by atoms with Crippen LogP contribution in [0, 0.1) is 6.92 Å². The molecule has 0 radical (unpaired) electrons. The summed E-state index contributed by atoms with van der Waals surface area (Å²) < 4.78 is 27.5. The van der Waals surface area contributed by atoms with Crippen molar-refractivity contribution in [1.29, 1.82) is 0 Å². The van der Waals surface area contributed by atoms with Crippen LogP contribution < -0.4 is 5.43 Å². The molecule has 0 spiro atoms. The summed E-state index contributed by atoms with van der Waals surface area (Å²) in [5.74, 6) is -0.260. The zero-order chi connectivity index (χ0) is 18.7. The maximum atomic E-state index is 13.0. The second kappa shape index (κ2) is 8.04. The third-order valence-electron chi connectivity index (χ3n) is 5.15. The van der Waals surface area contributed by atoms with Crippen molar-refractivity contribution in [2.45, 2.75) is 31.1 Å². The minimum Gasteiger partial charge on any atom is -0.304 e. The van der Waals surface area contributed by atoms with Crippen LogP contribution in [0.15, 0.2) is 23.1 Å². The lowest BCUT2D eigenvalue weighted by Crippen LogP contribution is -2.52. The van der Waals surface area contributed by atoms with Crippen LogP contribution in [-0.2, 0) is 10.0 Å². The number of piperidine rings is 1. The summed E-state index contributed by atoms with van der Waals surface area (Å²) >= 11 is 0. The average Bonchev–Trinajstić information content (AvgIpc) is 2.64. The van der Waals surface area contributed by atoms with Gasteiger partial charge in [-0.2, -0.15) is 4.31 Å². The van der Waals surface area contributed by atoms with Crippen LogP contribution in [0.3, 0.4) is 0 Å². The third-order valence-corrected chi connectivity index (χ3v) is 7.19. The van der Waals surface area contributed by atoms with Gasteiger partial charge in [-0.3, -0.25) is 10.2 Å². The summed E-state index contributed by atoms with van der Waals surface area (Å²) in [6.45, 7) is 6.18. The van der Waals surface area contributed by atoms with Gasteiger partial charge in [-0.15, -0.1) is 0 Å². The number of amides is 1.